The van der Waals surface area contributed by atoms with E-state index >= 15 is 0 Å². The van der Waals surface area contributed by atoms with Gasteiger partial charge in [0, 0.05) is 18.3 Å². The maximum Gasteiger partial charge on any atom is 0.256 e. The van der Waals surface area contributed by atoms with Crippen LogP contribution in [-0.2, 0) is 6.54 Å². The first-order valence-corrected chi connectivity index (χ1v) is 7.25. The number of hydrogen-bond donors (Lipinski definition) is 2. The lowest BCUT2D eigenvalue weighted by Crippen LogP contribution is -2.24. The summed E-state index contributed by atoms with van der Waals surface area (Å²) < 4.78 is 10.5. The van der Waals surface area contributed by atoms with Crippen LogP contribution in [0.2, 0.25) is 0 Å². The number of amides is 1. The maximum absolute atomic E-state index is 12.3. The van der Waals surface area contributed by atoms with E-state index in [4.69, 9.17) is 14.9 Å². The molecule has 0 spiro atoms. The van der Waals surface area contributed by atoms with Crippen LogP contribution in [0.5, 0.6) is 5.75 Å². The van der Waals surface area contributed by atoms with Gasteiger partial charge in [-0.15, -0.1) is 0 Å². The number of nitrogens with one attached hydrogen (secondary N) is 1. The average molecular weight is 324 g/mol. The van der Waals surface area contributed by atoms with E-state index in [2.05, 4.69) is 15.3 Å². The molecule has 0 saturated heterocycles. The number of anilines is 1. The Morgan fingerprint density at radius 3 is 2.83 bits per heavy atom. The molecule has 0 saturated carbocycles. The Balaban J connectivity index is 1.73. The number of furan rings is 1. The Morgan fingerprint density at radius 1 is 1.29 bits per heavy atom. The van der Waals surface area contributed by atoms with Gasteiger partial charge in [-0.1, -0.05) is 18.2 Å². The summed E-state index contributed by atoms with van der Waals surface area (Å²) in [5, 5.41) is 2.78. The molecule has 24 heavy (non-hydrogen) atoms. The number of nitrogen functional groups attached to an aromatic ring is 1. The molecule has 3 N–H and O–H groups in total. The second-order valence-electron chi connectivity index (χ2n) is 4.96. The van der Waals surface area contributed by atoms with Gasteiger partial charge >= 0.3 is 0 Å². The van der Waals surface area contributed by atoms with Crippen LogP contribution in [0, 0.1) is 0 Å². The van der Waals surface area contributed by atoms with Gasteiger partial charge in [0.25, 0.3) is 5.91 Å². The molecule has 2 aromatic heterocycles. The van der Waals surface area contributed by atoms with Crippen molar-refractivity contribution in [2.75, 3.05) is 12.8 Å². The van der Waals surface area contributed by atoms with E-state index in [1.165, 1.54) is 12.5 Å². The number of carbonyl (C=O) groups excluding carboxylic acids is 1. The van der Waals surface area contributed by atoms with Gasteiger partial charge in [-0.25, -0.2) is 9.97 Å². The lowest BCUT2D eigenvalue weighted by molar-refractivity contribution is 0.0951. The summed E-state index contributed by atoms with van der Waals surface area (Å²) in [7, 11) is 1.58. The number of nitrogens with two attached hydrogens (primary N) is 1. The number of nitrogens with zero attached hydrogens (tertiary/aromatic N) is 2. The fourth-order valence-corrected chi connectivity index (χ4v) is 2.21. The zero-order chi connectivity index (χ0) is 16.9. The van der Waals surface area contributed by atoms with Crippen molar-refractivity contribution in [1.82, 2.24) is 15.3 Å². The molecule has 0 unspecified atom stereocenters. The smallest absolute Gasteiger partial charge is 0.256 e. The second-order valence-corrected chi connectivity index (χ2v) is 4.96. The molecule has 0 aliphatic heterocycles. The first-order valence-electron chi connectivity index (χ1n) is 7.25. The molecule has 7 nitrogen and oxygen atoms in total. The summed E-state index contributed by atoms with van der Waals surface area (Å²) in [6.07, 6.45) is 2.90. The predicted molar refractivity (Wildman–Crippen MR) is 88.3 cm³/mol. The number of carbonyl (C=O) groups is 1. The predicted octanol–water partition coefficient (Wildman–Crippen LogP) is 2.26. The summed E-state index contributed by atoms with van der Waals surface area (Å²) in [6, 6.07) is 10.9. The quantitative estimate of drug-likeness (QED) is 0.746. The molecule has 122 valence electrons. The molecule has 0 aliphatic rings. The lowest BCUT2D eigenvalue weighted by atomic mass is 10.2. The van der Waals surface area contributed by atoms with E-state index in [0.29, 0.717) is 23.9 Å². The number of ether oxygens (including phenoxy) is 1. The Hall–Kier alpha value is -3.35. The van der Waals surface area contributed by atoms with Crippen molar-refractivity contribution in [2.45, 2.75) is 6.54 Å². The van der Waals surface area contributed by atoms with Crippen LogP contribution < -0.4 is 15.8 Å². The summed E-state index contributed by atoms with van der Waals surface area (Å²) in [5.74, 6) is 1.26. The SMILES string of the molecule is COc1ccccc1CNC(=O)c1cnc(-c2ccco2)nc1N. The molecule has 2 heterocycles. The maximum atomic E-state index is 12.3. The van der Waals surface area contributed by atoms with Crippen molar-refractivity contribution >= 4 is 11.7 Å². The average Bonchev–Trinajstić information content (AvgIpc) is 3.14. The molecule has 3 rings (SSSR count). The third-order valence-corrected chi connectivity index (χ3v) is 3.44. The number of hydrogen-bond acceptors (Lipinski definition) is 6. The third-order valence-electron chi connectivity index (χ3n) is 3.44. The Bertz CT molecular complexity index is 847. The number of para-hydroxylation sites is 1. The van der Waals surface area contributed by atoms with Crippen molar-refractivity contribution in [2.24, 2.45) is 0 Å². The van der Waals surface area contributed by atoms with Crippen LogP contribution in [0.15, 0.2) is 53.3 Å². The zero-order valence-corrected chi connectivity index (χ0v) is 13.0. The fraction of sp³-hybridized carbons (Fsp3) is 0.118. The highest BCUT2D eigenvalue weighted by Gasteiger charge is 2.14. The Labute approximate surface area is 138 Å². The van der Waals surface area contributed by atoms with Gasteiger partial charge < -0.3 is 20.2 Å². The minimum atomic E-state index is -0.357. The van der Waals surface area contributed by atoms with E-state index in [1.807, 2.05) is 24.3 Å². The molecule has 0 atom stereocenters. The van der Waals surface area contributed by atoms with Crippen molar-refractivity contribution < 1.29 is 13.9 Å². The highest BCUT2D eigenvalue weighted by Crippen LogP contribution is 2.19. The monoisotopic (exact) mass is 324 g/mol. The summed E-state index contributed by atoms with van der Waals surface area (Å²) >= 11 is 0. The first kappa shape index (κ1) is 15.5. The normalized spacial score (nSPS) is 10.4. The lowest BCUT2D eigenvalue weighted by Gasteiger charge is -2.10. The van der Waals surface area contributed by atoms with Gasteiger partial charge in [-0.05, 0) is 18.2 Å². The molecule has 1 aromatic carbocycles. The van der Waals surface area contributed by atoms with Crippen molar-refractivity contribution in [3.63, 3.8) is 0 Å². The van der Waals surface area contributed by atoms with Crippen LogP contribution in [0.1, 0.15) is 15.9 Å². The molecule has 1 amide bonds. The molecule has 0 bridgehead atoms. The van der Waals surface area contributed by atoms with Crippen LogP contribution in [0.4, 0.5) is 5.82 Å². The molecule has 3 aromatic rings. The highest BCUT2D eigenvalue weighted by atomic mass is 16.5. The minimum Gasteiger partial charge on any atom is -0.496 e. The van der Waals surface area contributed by atoms with Gasteiger partial charge in [0.05, 0.1) is 18.9 Å². The van der Waals surface area contributed by atoms with Crippen LogP contribution in [0.25, 0.3) is 11.6 Å². The molecule has 0 fully saturated rings. The molecule has 0 aliphatic carbocycles. The van der Waals surface area contributed by atoms with Gasteiger partial charge in [0.1, 0.15) is 11.6 Å². The summed E-state index contributed by atoms with van der Waals surface area (Å²) in [6.45, 7) is 0.308. The second kappa shape index (κ2) is 6.82. The highest BCUT2D eigenvalue weighted by molar-refractivity contribution is 5.98. The zero-order valence-electron chi connectivity index (χ0n) is 13.0. The summed E-state index contributed by atoms with van der Waals surface area (Å²) in [5.41, 5.74) is 6.94. The molecule has 7 heteroatoms. The van der Waals surface area contributed by atoms with E-state index in [1.54, 1.807) is 19.2 Å². The van der Waals surface area contributed by atoms with Gasteiger partial charge in [0.2, 0.25) is 0 Å². The van der Waals surface area contributed by atoms with E-state index in [-0.39, 0.29) is 17.3 Å². The first-order chi connectivity index (χ1) is 11.7. The number of rotatable bonds is 5. The third kappa shape index (κ3) is 3.19. The van der Waals surface area contributed by atoms with Gasteiger partial charge in [0.15, 0.2) is 11.6 Å². The standard InChI is InChI=1S/C17H16N4O3/c1-23-13-6-3-2-5-11(13)9-20-17(22)12-10-19-16(21-15(12)18)14-7-4-8-24-14/h2-8,10H,9H2,1H3,(H,20,22)(H2,18,19,21). The van der Waals surface area contributed by atoms with E-state index < -0.39 is 0 Å². The largest absolute Gasteiger partial charge is 0.496 e. The number of benzene rings is 1. The van der Waals surface area contributed by atoms with Crippen LogP contribution >= 0.6 is 0 Å². The number of aromatic nitrogens is 2. The van der Waals surface area contributed by atoms with Crippen molar-refractivity contribution in [3.05, 3.63) is 60.0 Å². The van der Waals surface area contributed by atoms with Crippen molar-refractivity contribution in [1.29, 1.82) is 0 Å². The van der Waals surface area contributed by atoms with Crippen molar-refractivity contribution in [3.8, 4) is 17.3 Å². The fourth-order valence-electron chi connectivity index (χ4n) is 2.21. The van der Waals surface area contributed by atoms with E-state index in [0.717, 1.165) is 5.56 Å². The number of methoxy groups -OCH3 is 1. The molecular formula is C17H16N4O3. The van der Waals surface area contributed by atoms with Crippen LogP contribution in [0.3, 0.4) is 0 Å². The van der Waals surface area contributed by atoms with Gasteiger partial charge in [-0.3, -0.25) is 4.79 Å². The van der Waals surface area contributed by atoms with Gasteiger partial charge in [-0.2, -0.15) is 0 Å². The minimum absolute atomic E-state index is 0.0916. The molecular weight excluding hydrogens is 308 g/mol. The Kier molecular flexibility index (Phi) is 4.42. The summed E-state index contributed by atoms with van der Waals surface area (Å²) in [4.78, 5) is 20.5. The molecule has 0 radical (unpaired) electrons. The topological polar surface area (TPSA) is 103 Å². The Morgan fingerprint density at radius 2 is 2.12 bits per heavy atom. The van der Waals surface area contributed by atoms with Crippen LogP contribution in [-0.4, -0.2) is 23.0 Å². The van der Waals surface area contributed by atoms with E-state index in [9.17, 15) is 4.79 Å².